The van der Waals surface area contributed by atoms with Crippen LogP contribution in [0.25, 0.3) is 0 Å². The normalized spacial score (nSPS) is 33.3. The van der Waals surface area contributed by atoms with E-state index in [1.165, 1.54) is 6.42 Å². The van der Waals surface area contributed by atoms with Gasteiger partial charge in [0, 0.05) is 35.9 Å². The molecule has 2 fully saturated rings. The molecule has 0 bridgehead atoms. The first-order valence-electron chi connectivity index (χ1n) is 17.4. The highest BCUT2D eigenvalue weighted by Gasteiger charge is 2.63. The molecule has 0 aromatic rings. The van der Waals surface area contributed by atoms with Gasteiger partial charge in [0.15, 0.2) is 11.6 Å². The highest BCUT2D eigenvalue weighted by atomic mass is 16.2. The standard InChI is InChI=1S/C38H59N3O3/c1-10-15-33(2,3)17-19-36(7,40-32(44)41-21-12-11-13-22-41)20-18-35(6)25-28(42)23-30-37(8)24-27(26-39)31(43)34(4,5)29(37)14-16-38(30,35)9/h23-24,29H,10-22,25H2,1-9H3,(H,40,44)/t29-,35+,36-,37-,38+/m0/s1. The molecule has 0 aromatic carbocycles. The summed E-state index contributed by atoms with van der Waals surface area (Å²) in [7, 11) is 0. The van der Waals surface area contributed by atoms with Crippen molar-refractivity contribution in [2.75, 3.05) is 13.1 Å². The lowest BCUT2D eigenvalue weighted by Crippen LogP contribution is -2.58. The van der Waals surface area contributed by atoms with Gasteiger partial charge in [-0.15, -0.1) is 0 Å². The molecule has 1 heterocycles. The van der Waals surface area contributed by atoms with Crippen LogP contribution in [0.2, 0.25) is 0 Å². The number of allylic oxidation sites excluding steroid dienone is 4. The number of nitriles is 1. The van der Waals surface area contributed by atoms with Crippen molar-refractivity contribution in [3.8, 4) is 6.07 Å². The third kappa shape index (κ3) is 6.19. The molecule has 6 nitrogen and oxygen atoms in total. The van der Waals surface area contributed by atoms with Gasteiger partial charge in [-0.05, 0) is 99.4 Å². The summed E-state index contributed by atoms with van der Waals surface area (Å²) in [6, 6.07) is 2.24. The summed E-state index contributed by atoms with van der Waals surface area (Å²) in [6.07, 6.45) is 15.1. The van der Waals surface area contributed by atoms with E-state index < -0.39 is 16.4 Å². The number of piperidine rings is 1. The maximum Gasteiger partial charge on any atom is 0.317 e. The second kappa shape index (κ2) is 12.1. The number of hydrogen-bond donors (Lipinski definition) is 1. The minimum absolute atomic E-state index is 0.0315. The Morgan fingerprint density at radius 2 is 1.68 bits per heavy atom. The average Bonchev–Trinajstić information content (AvgIpc) is 2.95. The van der Waals surface area contributed by atoms with Crippen molar-refractivity contribution in [2.45, 2.75) is 145 Å². The molecule has 0 spiro atoms. The van der Waals surface area contributed by atoms with Crippen molar-refractivity contribution >= 4 is 17.6 Å². The molecule has 4 rings (SSSR count). The predicted octanol–water partition coefficient (Wildman–Crippen LogP) is 8.71. The molecule has 0 unspecified atom stereocenters. The van der Waals surface area contributed by atoms with Crippen LogP contribution in [-0.4, -0.2) is 41.1 Å². The molecule has 1 N–H and O–H groups in total. The molecule has 244 valence electrons. The summed E-state index contributed by atoms with van der Waals surface area (Å²) >= 11 is 0. The third-order valence-corrected chi connectivity index (χ3v) is 12.9. The van der Waals surface area contributed by atoms with Crippen molar-refractivity contribution in [3.63, 3.8) is 0 Å². The molecule has 2 amide bonds. The molecule has 5 atom stereocenters. The van der Waals surface area contributed by atoms with Gasteiger partial charge in [0.1, 0.15) is 6.07 Å². The van der Waals surface area contributed by atoms with E-state index in [2.05, 4.69) is 59.9 Å². The van der Waals surface area contributed by atoms with E-state index in [1.807, 2.05) is 30.9 Å². The van der Waals surface area contributed by atoms with Gasteiger partial charge >= 0.3 is 6.03 Å². The number of likely N-dealkylation sites (tertiary alicyclic amines) is 1. The Morgan fingerprint density at radius 1 is 1.02 bits per heavy atom. The highest BCUT2D eigenvalue weighted by molar-refractivity contribution is 6.04. The van der Waals surface area contributed by atoms with Gasteiger partial charge in [0.25, 0.3) is 0 Å². The smallest absolute Gasteiger partial charge is 0.317 e. The minimum atomic E-state index is -0.670. The Balaban J connectivity index is 1.66. The lowest BCUT2D eigenvalue weighted by atomic mass is 9.40. The van der Waals surface area contributed by atoms with E-state index in [4.69, 9.17) is 0 Å². The van der Waals surface area contributed by atoms with Gasteiger partial charge in [-0.25, -0.2) is 4.79 Å². The summed E-state index contributed by atoms with van der Waals surface area (Å²) in [4.78, 5) is 42.4. The zero-order valence-corrected chi connectivity index (χ0v) is 29.3. The van der Waals surface area contributed by atoms with Gasteiger partial charge < -0.3 is 10.2 Å². The van der Waals surface area contributed by atoms with Gasteiger partial charge in [-0.2, -0.15) is 5.26 Å². The van der Waals surface area contributed by atoms with E-state index in [1.54, 1.807) is 0 Å². The largest absolute Gasteiger partial charge is 0.333 e. The van der Waals surface area contributed by atoms with Crippen LogP contribution in [0, 0.1) is 44.3 Å². The predicted molar refractivity (Wildman–Crippen MR) is 177 cm³/mol. The maximum atomic E-state index is 13.6. The summed E-state index contributed by atoms with van der Waals surface area (Å²) < 4.78 is 0. The molecule has 1 saturated carbocycles. The molecule has 1 saturated heterocycles. The second-order valence-electron chi connectivity index (χ2n) is 17.1. The zero-order chi connectivity index (χ0) is 32.8. The SMILES string of the molecule is CCCC(C)(C)CC[C@@](C)(CC[C@]1(C)CC(=O)C=C2[C@@]3(C)C=C(C#N)C(=O)C(C)(C)[C@@H]3CC[C@]21C)NC(=O)N1CCCCC1. The molecular formula is C38H59N3O3. The summed E-state index contributed by atoms with van der Waals surface area (Å²) in [5.74, 6) is 0.0818. The van der Waals surface area contributed by atoms with Crippen LogP contribution in [0.1, 0.15) is 139 Å². The lowest BCUT2D eigenvalue weighted by molar-refractivity contribution is -0.133. The molecule has 0 aromatic heterocycles. The summed E-state index contributed by atoms with van der Waals surface area (Å²) in [5, 5.41) is 13.4. The zero-order valence-electron chi connectivity index (χ0n) is 29.3. The average molecular weight is 606 g/mol. The van der Waals surface area contributed by atoms with Crippen molar-refractivity contribution in [3.05, 3.63) is 23.3 Å². The van der Waals surface area contributed by atoms with E-state index >= 15 is 0 Å². The third-order valence-electron chi connectivity index (χ3n) is 12.9. The van der Waals surface area contributed by atoms with Crippen LogP contribution in [0.4, 0.5) is 4.79 Å². The first-order valence-corrected chi connectivity index (χ1v) is 17.4. The van der Waals surface area contributed by atoms with Gasteiger partial charge in [0.05, 0.1) is 5.57 Å². The van der Waals surface area contributed by atoms with Gasteiger partial charge in [-0.3, -0.25) is 9.59 Å². The number of carbonyl (C=O) groups excluding carboxylic acids is 3. The Kier molecular flexibility index (Phi) is 9.45. The highest BCUT2D eigenvalue weighted by Crippen LogP contribution is 2.69. The molecule has 1 aliphatic heterocycles. The van der Waals surface area contributed by atoms with Crippen LogP contribution in [0.15, 0.2) is 23.3 Å². The Bertz CT molecular complexity index is 1260. The molecule has 0 radical (unpaired) electrons. The lowest BCUT2D eigenvalue weighted by Gasteiger charge is -2.63. The Hall–Kier alpha value is -2.42. The van der Waals surface area contributed by atoms with Gasteiger partial charge in [-0.1, -0.05) is 73.5 Å². The number of Topliss-reactive ketones (excluding diaryl/α,β-unsaturated/α-hetero) is 1. The van der Waals surface area contributed by atoms with Crippen molar-refractivity contribution < 1.29 is 14.4 Å². The number of urea groups is 1. The molecular weight excluding hydrogens is 546 g/mol. The fourth-order valence-electron chi connectivity index (χ4n) is 9.64. The number of rotatable bonds is 9. The molecule has 3 aliphatic carbocycles. The van der Waals surface area contributed by atoms with Crippen LogP contribution in [0.3, 0.4) is 0 Å². The molecule has 6 heteroatoms. The topological polar surface area (TPSA) is 90.3 Å². The van der Waals surface area contributed by atoms with Gasteiger partial charge in [0.2, 0.25) is 0 Å². The first kappa shape index (κ1) is 34.5. The Labute approximate surface area is 267 Å². The van der Waals surface area contributed by atoms with Crippen molar-refractivity contribution in [2.24, 2.45) is 33.0 Å². The number of carbonyl (C=O) groups is 3. The number of nitrogens with zero attached hydrogens (tertiary/aromatic N) is 2. The van der Waals surface area contributed by atoms with Crippen molar-refractivity contribution in [1.82, 2.24) is 10.2 Å². The second-order valence-corrected chi connectivity index (χ2v) is 17.1. The van der Waals surface area contributed by atoms with Crippen LogP contribution < -0.4 is 5.32 Å². The van der Waals surface area contributed by atoms with Crippen LogP contribution in [0.5, 0.6) is 0 Å². The van der Waals surface area contributed by atoms with E-state index in [0.29, 0.717) is 6.42 Å². The quantitative estimate of drug-likeness (QED) is 0.285. The first-order chi connectivity index (χ1) is 20.4. The molecule has 44 heavy (non-hydrogen) atoms. The maximum absolute atomic E-state index is 13.6. The van der Waals surface area contributed by atoms with E-state index in [0.717, 1.165) is 82.9 Å². The van der Waals surface area contributed by atoms with Crippen LogP contribution in [-0.2, 0) is 9.59 Å². The fraction of sp³-hybridized carbons (Fsp3) is 0.789. The van der Waals surface area contributed by atoms with E-state index in [-0.39, 0.29) is 45.3 Å². The minimum Gasteiger partial charge on any atom is -0.333 e. The van der Waals surface area contributed by atoms with E-state index in [9.17, 15) is 19.6 Å². The fourth-order valence-corrected chi connectivity index (χ4v) is 9.64. The summed E-state index contributed by atoms with van der Waals surface area (Å²) in [6.45, 7) is 21.5. The monoisotopic (exact) mass is 605 g/mol. The summed E-state index contributed by atoms with van der Waals surface area (Å²) in [5.41, 5.74) is -0.667. The number of nitrogens with one attached hydrogen (secondary N) is 1. The van der Waals surface area contributed by atoms with Crippen molar-refractivity contribution in [1.29, 1.82) is 5.26 Å². The number of ketones is 2. The Morgan fingerprint density at radius 3 is 2.30 bits per heavy atom. The number of amides is 2. The van der Waals surface area contributed by atoms with Crippen LogP contribution >= 0.6 is 0 Å². The molecule has 4 aliphatic rings. The number of fused-ring (bicyclic) bond motifs is 3. The number of hydrogen-bond acceptors (Lipinski definition) is 4.